The molecule has 0 fully saturated rings. The molecule has 0 saturated heterocycles. The highest BCUT2D eigenvalue weighted by molar-refractivity contribution is 6.01. The lowest BCUT2D eigenvalue weighted by Gasteiger charge is -2.07. The fraction of sp³-hybridized carbons (Fsp3) is 0.267. The van der Waals surface area contributed by atoms with Gasteiger partial charge in [0.15, 0.2) is 5.78 Å². The van der Waals surface area contributed by atoms with E-state index >= 15 is 0 Å². The molecule has 0 bridgehead atoms. The summed E-state index contributed by atoms with van der Waals surface area (Å²) in [4.78, 5) is 11.7. The molecule has 2 nitrogen and oxygen atoms in total. The van der Waals surface area contributed by atoms with E-state index < -0.39 is 0 Å². The maximum Gasteiger partial charge on any atom is 0.165 e. The van der Waals surface area contributed by atoms with Crippen molar-refractivity contribution in [1.29, 1.82) is 0 Å². The average Bonchev–Trinajstić information content (AvgIpc) is 2.67. The number of carbonyl (C=O) groups excluding carboxylic acids is 1. The lowest BCUT2D eigenvalue weighted by molar-refractivity contribution is 0.0987. The molecule has 0 radical (unpaired) electrons. The van der Waals surface area contributed by atoms with Crippen LogP contribution in [0.2, 0.25) is 0 Å². The fourth-order valence-corrected chi connectivity index (χ4v) is 1.92. The Labute approximate surface area is 114 Å². The van der Waals surface area contributed by atoms with Crippen LogP contribution in [0.4, 0.5) is 0 Å². The van der Waals surface area contributed by atoms with Gasteiger partial charge in [-0.2, -0.15) is 0 Å². The third-order valence-electron chi connectivity index (χ3n) is 2.76. The zero-order chi connectivity index (χ0) is 12.1. The van der Waals surface area contributed by atoms with Crippen molar-refractivity contribution in [3.05, 3.63) is 35.4 Å². The number of benzene rings is 1. The smallest absolute Gasteiger partial charge is 0.165 e. The van der Waals surface area contributed by atoms with Crippen molar-refractivity contribution in [1.82, 2.24) is 5.32 Å². The number of terminal acetylenes is 1. The maximum atomic E-state index is 11.7. The molecule has 1 N–H and O–H groups in total. The summed E-state index contributed by atoms with van der Waals surface area (Å²) in [5.41, 5.74) is 1.86. The molecule has 3 heteroatoms. The first-order valence-corrected chi connectivity index (χ1v) is 5.62. The van der Waals surface area contributed by atoms with Gasteiger partial charge in [-0.1, -0.05) is 30.2 Å². The predicted molar refractivity (Wildman–Crippen MR) is 74.4 cm³/mol. The molecule has 18 heavy (non-hydrogen) atoms. The van der Waals surface area contributed by atoms with Gasteiger partial charge < -0.3 is 5.32 Å². The summed E-state index contributed by atoms with van der Waals surface area (Å²) < 4.78 is 0. The van der Waals surface area contributed by atoms with Crippen molar-refractivity contribution in [2.45, 2.75) is 25.3 Å². The van der Waals surface area contributed by atoms with E-state index in [1.165, 1.54) is 0 Å². The molecule has 1 aliphatic carbocycles. The second-order valence-corrected chi connectivity index (χ2v) is 3.92. The highest BCUT2D eigenvalue weighted by Gasteiger charge is 2.27. The zero-order valence-electron chi connectivity index (χ0n) is 9.90. The molecule has 0 heterocycles. The molecule has 0 saturated carbocycles. The summed E-state index contributed by atoms with van der Waals surface area (Å²) in [6.07, 6.45) is 6.97. The van der Waals surface area contributed by atoms with Gasteiger partial charge in [0.05, 0.1) is 6.04 Å². The van der Waals surface area contributed by atoms with E-state index in [-0.39, 0.29) is 24.2 Å². The van der Waals surface area contributed by atoms with Crippen LogP contribution in [0.15, 0.2) is 24.3 Å². The largest absolute Gasteiger partial charge is 0.338 e. The molecule has 92 valence electrons. The summed E-state index contributed by atoms with van der Waals surface area (Å²) in [5, 5.41) is 3.08. The first kappa shape index (κ1) is 14.2. The van der Waals surface area contributed by atoms with Crippen LogP contribution in [0, 0.1) is 24.3 Å². The van der Waals surface area contributed by atoms with Crippen LogP contribution in [-0.2, 0) is 0 Å². The topological polar surface area (TPSA) is 29.1 Å². The monoisotopic (exact) mass is 259 g/mol. The van der Waals surface area contributed by atoms with Gasteiger partial charge in [0.25, 0.3) is 0 Å². The molecule has 0 aromatic heterocycles. The number of rotatable bonds is 2. The maximum absolute atomic E-state index is 11.7. The lowest BCUT2D eigenvalue weighted by atomic mass is 10.1. The number of halogens is 1. The normalized spacial score (nSPS) is 15.7. The van der Waals surface area contributed by atoms with Crippen LogP contribution in [0.1, 0.15) is 41.2 Å². The van der Waals surface area contributed by atoms with E-state index in [1.54, 1.807) is 0 Å². The molecule has 1 unspecified atom stereocenters. The number of Topliss-reactive ketones (excluding diaryl/α,β-unsaturated/α-hetero) is 1. The molecular formula is C15H14ClNO. The van der Waals surface area contributed by atoms with Crippen molar-refractivity contribution < 1.29 is 4.79 Å². The Hall–Kier alpha value is -1.90. The number of nitrogens with one attached hydrogen (secondary N) is 1. The minimum atomic E-state index is 0. The van der Waals surface area contributed by atoms with Gasteiger partial charge >= 0.3 is 0 Å². The van der Waals surface area contributed by atoms with E-state index in [2.05, 4.69) is 23.2 Å². The number of carbonyl (C=O) groups is 1. The average molecular weight is 260 g/mol. The minimum Gasteiger partial charge on any atom is -0.338 e. The van der Waals surface area contributed by atoms with Crippen molar-refractivity contribution in [2.24, 2.45) is 0 Å². The van der Waals surface area contributed by atoms with Crippen LogP contribution in [-0.4, -0.2) is 5.78 Å². The Kier molecular flexibility index (Phi) is 5.31. The first-order chi connectivity index (χ1) is 8.33. The molecule has 1 aliphatic rings. The van der Waals surface area contributed by atoms with E-state index in [0.29, 0.717) is 19.3 Å². The summed E-state index contributed by atoms with van der Waals surface area (Å²) in [7, 11) is 0. The number of hydrogen-bond acceptors (Lipinski definition) is 2. The van der Waals surface area contributed by atoms with Crippen molar-refractivity contribution in [3.8, 4) is 24.3 Å². The van der Waals surface area contributed by atoms with E-state index in [0.717, 1.165) is 11.1 Å². The van der Waals surface area contributed by atoms with Gasteiger partial charge in [0.1, 0.15) is 0 Å². The highest BCUT2D eigenvalue weighted by atomic mass is 35.5. The van der Waals surface area contributed by atoms with Gasteiger partial charge in [-0.3, -0.25) is 4.79 Å². The zero-order valence-corrected chi connectivity index (χ0v) is 10.7. The Balaban J connectivity index is 0.00000162. The van der Waals surface area contributed by atoms with E-state index in [9.17, 15) is 4.79 Å². The molecule has 1 aromatic rings. The minimum absolute atomic E-state index is 0. The molecule has 0 spiro atoms. The number of fused-ring (bicyclic) bond motifs is 1. The first-order valence-electron chi connectivity index (χ1n) is 5.62. The standard InChI is InChI=1S/C15H13NO.ClH/c1-2-3-4-7-10-16-14-11-15(17)13-9-6-5-8-12(13)14;/h1,5-6,8-9,14,16H,3-4,11H2;1H. The third-order valence-corrected chi connectivity index (χ3v) is 2.76. The van der Waals surface area contributed by atoms with Crippen molar-refractivity contribution >= 4 is 18.2 Å². The third kappa shape index (κ3) is 3.06. The molecule has 0 amide bonds. The summed E-state index contributed by atoms with van der Waals surface area (Å²) in [6, 6.07) is 10.6. The highest BCUT2D eigenvalue weighted by Crippen LogP contribution is 2.30. The van der Waals surface area contributed by atoms with Crippen molar-refractivity contribution in [3.63, 3.8) is 0 Å². The van der Waals surface area contributed by atoms with Gasteiger partial charge in [-0.25, -0.2) is 0 Å². The van der Waals surface area contributed by atoms with Crippen LogP contribution in [0.3, 0.4) is 0 Å². The van der Waals surface area contributed by atoms with Crippen LogP contribution in [0.25, 0.3) is 0 Å². The van der Waals surface area contributed by atoms with Gasteiger partial charge in [0.2, 0.25) is 0 Å². The predicted octanol–water partition coefficient (Wildman–Crippen LogP) is 2.70. The molecule has 1 aromatic carbocycles. The molecule has 2 rings (SSSR count). The van der Waals surface area contributed by atoms with Gasteiger partial charge in [-0.05, 0) is 5.56 Å². The summed E-state index contributed by atoms with van der Waals surface area (Å²) >= 11 is 0. The second-order valence-electron chi connectivity index (χ2n) is 3.92. The van der Waals surface area contributed by atoms with Crippen LogP contribution in [0.5, 0.6) is 0 Å². The Bertz CT molecular complexity index is 533. The number of unbranched alkanes of at least 4 members (excludes halogenated alkanes) is 1. The van der Waals surface area contributed by atoms with Gasteiger partial charge in [-0.15, -0.1) is 24.8 Å². The summed E-state index contributed by atoms with van der Waals surface area (Å²) in [5.74, 6) is 5.66. The molecule has 0 aliphatic heterocycles. The van der Waals surface area contributed by atoms with Crippen molar-refractivity contribution in [2.75, 3.05) is 0 Å². The van der Waals surface area contributed by atoms with Crippen LogP contribution >= 0.6 is 12.4 Å². The lowest BCUT2D eigenvalue weighted by Crippen LogP contribution is -2.13. The Morgan fingerprint density at radius 1 is 1.33 bits per heavy atom. The Morgan fingerprint density at radius 2 is 2.11 bits per heavy atom. The Morgan fingerprint density at radius 3 is 2.89 bits per heavy atom. The van der Waals surface area contributed by atoms with E-state index in [4.69, 9.17) is 6.42 Å². The fourth-order valence-electron chi connectivity index (χ4n) is 1.92. The quantitative estimate of drug-likeness (QED) is 0.503. The van der Waals surface area contributed by atoms with Crippen LogP contribution < -0.4 is 5.32 Å². The van der Waals surface area contributed by atoms with Gasteiger partial charge in [0, 0.05) is 30.9 Å². The van der Waals surface area contributed by atoms with E-state index in [1.807, 2.05) is 24.3 Å². The second kappa shape index (κ2) is 6.74. The molecular weight excluding hydrogens is 246 g/mol. The number of ketones is 1. The molecule has 1 atom stereocenters. The summed E-state index contributed by atoms with van der Waals surface area (Å²) in [6.45, 7) is 0. The number of hydrogen-bond donors (Lipinski definition) is 1. The SMILES string of the molecule is C#CCCC#CNC1CC(=O)c2ccccc21.Cl.